The van der Waals surface area contributed by atoms with E-state index in [1.165, 1.54) is 40.1 Å². The summed E-state index contributed by atoms with van der Waals surface area (Å²) < 4.78 is 0. The first-order valence-electron chi connectivity index (χ1n) is 12.6. The Morgan fingerprint density at radius 3 is 1.08 bits per heavy atom. The van der Waals surface area contributed by atoms with Gasteiger partial charge in [0, 0.05) is 23.6 Å². The second-order valence-corrected chi connectivity index (χ2v) is 10.1. The van der Waals surface area contributed by atoms with Crippen LogP contribution in [0.2, 0.25) is 0 Å². The van der Waals surface area contributed by atoms with Crippen molar-refractivity contribution in [3.63, 3.8) is 0 Å². The zero-order valence-electron chi connectivity index (χ0n) is 24.5. The second-order valence-electron chi connectivity index (χ2n) is 10.1. The summed E-state index contributed by atoms with van der Waals surface area (Å²) in [6.07, 6.45) is 2.69. The van der Waals surface area contributed by atoms with Crippen molar-refractivity contribution < 1.29 is 36.6 Å². The van der Waals surface area contributed by atoms with Gasteiger partial charge in [0.25, 0.3) is 0 Å². The molecule has 1 radical (unpaired) electrons. The molecule has 2 aromatic rings. The Bertz CT molecular complexity index is 1220. The van der Waals surface area contributed by atoms with Crippen molar-refractivity contribution in [3.8, 4) is 0 Å². The molecule has 0 saturated carbocycles. The second kappa shape index (κ2) is 14.2. The van der Waals surface area contributed by atoms with Crippen LogP contribution in [0.1, 0.15) is 84.3 Å². The van der Waals surface area contributed by atoms with E-state index in [1.54, 1.807) is 0 Å². The number of Topliss-reactive ketones (excluding diaryl/α,β-unsaturated/α-hetero) is 2. The first-order valence-corrected chi connectivity index (χ1v) is 12.6. The number of rotatable bonds is 9. The molecule has 0 saturated heterocycles. The molecular weight excluding hydrogens is 535 g/mol. The van der Waals surface area contributed by atoms with Gasteiger partial charge in [-0.05, 0) is 88.8 Å². The zero-order valence-corrected chi connectivity index (χ0v) is 25.5. The molecule has 209 valence electrons. The minimum Gasteiger partial charge on any atom is -0.875 e. The number of benzene rings is 2. The maximum atomic E-state index is 12.2. The normalized spacial score (nSPS) is 14.5. The fourth-order valence-electron chi connectivity index (χ4n) is 5.11. The van der Waals surface area contributed by atoms with Crippen LogP contribution >= 0.6 is 0 Å². The van der Waals surface area contributed by atoms with Crippen molar-refractivity contribution in [1.29, 1.82) is 0 Å². The molecule has 0 bridgehead atoms. The molecule has 2 rings (SSSR count). The van der Waals surface area contributed by atoms with E-state index >= 15 is 0 Å². The van der Waals surface area contributed by atoms with Crippen LogP contribution in [-0.2, 0) is 26.4 Å². The van der Waals surface area contributed by atoms with Gasteiger partial charge in [0.2, 0.25) is 0 Å². The van der Waals surface area contributed by atoms with Gasteiger partial charge in [-0.1, -0.05) is 49.2 Å². The first-order chi connectivity index (χ1) is 17.6. The molecule has 0 N–H and O–H groups in total. The maximum absolute atomic E-state index is 12.2. The number of hydrogen-bond donors (Lipinski definition) is 0. The molecule has 6 nitrogen and oxygen atoms in total. The Hall–Kier alpha value is -3.29. The molecule has 39 heavy (non-hydrogen) atoms. The molecule has 0 spiro atoms. The van der Waals surface area contributed by atoms with E-state index in [4.69, 9.17) is 9.98 Å². The Balaban J connectivity index is 0.00000760. The Morgan fingerprint density at radius 2 is 0.872 bits per heavy atom. The molecule has 0 fully saturated rings. The Kier molecular flexibility index (Phi) is 12.3. The van der Waals surface area contributed by atoms with Crippen molar-refractivity contribution in [2.24, 2.45) is 9.98 Å². The van der Waals surface area contributed by atoms with E-state index in [-0.39, 0.29) is 51.0 Å². The van der Waals surface area contributed by atoms with Gasteiger partial charge < -0.3 is 10.2 Å². The van der Waals surface area contributed by atoms with Gasteiger partial charge in [0.15, 0.2) is 11.6 Å². The van der Waals surface area contributed by atoms with Crippen LogP contribution in [-0.4, -0.2) is 24.0 Å². The number of carbonyl (C=O) groups is 2. The number of hydrogen-bond acceptors (Lipinski definition) is 6. The van der Waals surface area contributed by atoms with Crippen LogP contribution in [0.3, 0.4) is 0 Å². The molecule has 0 amide bonds. The van der Waals surface area contributed by atoms with E-state index in [0.717, 1.165) is 44.5 Å². The molecule has 0 aliphatic rings. The topological polar surface area (TPSA) is 105 Å². The fraction of sp³-hybridized carbons (Fsp3) is 0.375. The van der Waals surface area contributed by atoms with Gasteiger partial charge in [-0.2, -0.15) is 0 Å². The van der Waals surface area contributed by atoms with Gasteiger partial charge in [-0.3, -0.25) is 19.6 Å². The Labute approximate surface area is 242 Å². The third-order valence-electron chi connectivity index (χ3n) is 6.61. The number of allylic oxidation sites excluding steroid dienone is 4. The van der Waals surface area contributed by atoms with Crippen molar-refractivity contribution in [2.45, 2.75) is 81.3 Å². The molecule has 2 atom stereocenters. The summed E-state index contributed by atoms with van der Waals surface area (Å²) in [6, 6.07) is 6.96. The minimum absolute atomic E-state index is 0. The summed E-state index contributed by atoms with van der Waals surface area (Å²) in [5, 5.41) is 24.4. The monoisotopic (exact) mass is 573 g/mol. The van der Waals surface area contributed by atoms with Gasteiger partial charge >= 0.3 is 16.8 Å². The molecule has 2 aromatic carbocycles. The summed E-state index contributed by atoms with van der Waals surface area (Å²) in [5.74, 6) is -1.49. The largest absolute Gasteiger partial charge is 2.00 e. The predicted octanol–water partition coefficient (Wildman–Crippen LogP) is 4.91. The minimum atomic E-state index is -0.638. The maximum Gasteiger partial charge on any atom is 2.00 e. The molecule has 7 heteroatoms. The van der Waals surface area contributed by atoms with Crippen molar-refractivity contribution in [1.82, 2.24) is 0 Å². The number of nitrogens with zero attached hydrogens (tertiary/aromatic N) is 2. The van der Waals surface area contributed by atoms with E-state index in [0.29, 0.717) is 0 Å². The third-order valence-corrected chi connectivity index (χ3v) is 6.61. The predicted molar refractivity (Wildman–Crippen MR) is 151 cm³/mol. The van der Waals surface area contributed by atoms with Crippen LogP contribution in [0.25, 0.3) is 0 Å². The van der Waals surface area contributed by atoms with Crippen LogP contribution in [0, 0.1) is 41.5 Å². The summed E-state index contributed by atoms with van der Waals surface area (Å²) in [6.45, 7) is 17.4. The van der Waals surface area contributed by atoms with Crippen LogP contribution < -0.4 is 10.2 Å². The van der Waals surface area contributed by atoms with Crippen LogP contribution in [0.4, 0.5) is 0 Å². The molecule has 0 unspecified atom stereocenters. The van der Waals surface area contributed by atoms with Gasteiger partial charge in [0.05, 0.1) is 0 Å². The van der Waals surface area contributed by atoms with Crippen molar-refractivity contribution >= 4 is 24.0 Å². The number of ketones is 2. The average Bonchev–Trinajstić information content (AvgIpc) is 2.74. The molecule has 0 aliphatic heterocycles. The zero-order chi connectivity index (χ0) is 28.9. The Morgan fingerprint density at radius 1 is 0.615 bits per heavy atom. The summed E-state index contributed by atoms with van der Waals surface area (Å²) in [7, 11) is 0. The van der Waals surface area contributed by atoms with Gasteiger partial charge in [0.1, 0.15) is 12.1 Å². The fourth-order valence-corrected chi connectivity index (χ4v) is 5.11. The molecule has 0 aromatic heterocycles. The first kappa shape index (κ1) is 33.7. The van der Waals surface area contributed by atoms with Crippen LogP contribution in [0.15, 0.2) is 56.9 Å². The van der Waals surface area contributed by atoms with E-state index in [1.807, 2.05) is 41.5 Å². The summed E-state index contributed by atoms with van der Waals surface area (Å²) >= 11 is 0. The summed E-state index contributed by atoms with van der Waals surface area (Å²) in [5.41, 5.74) is 7.95. The molecule has 0 aliphatic carbocycles. The standard InChI is InChI=1S/C32H40N2O4.Co/c1-17-11-19(3)29(20(4)12-17)31(33-15-27(23(7)35)24(8)36)32(34-16-28(25(9)37)26(10)38)30-21(5)13-18(2)14-22(30)6;/h11-16,31-32,35,37H,1-10H3;/q;+2/p-2/b27-23-,28-25+,33-15?,34-16?;/t31-,32-;/m0./s1. The summed E-state index contributed by atoms with van der Waals surface area (Å²) in [4.78, 5) is 34.1. The smallest absolute Gasteiger partial charge is 0.875 e. The number of aryl methyl sites for hydroxylation is 6. The van der Waals surface area contributed by atoms with Crippen molar-refractivity contribution in [2.75, 3.05) is 0 Å². The number of carbonyl (C=O) groups excluding carboxylic acids is 2. The van der Waals surface area contributed by atoms with Gasteiger partial charge in [-0.15, -0.1) is 11.5 Å². The van der Waals surface area contributed by atoms with Gasteiger partial charge in [-0.25, -0.2) is 0 Å². The van der Waals surface area contributed by atoms with E-state index < -0.39 is 12.1 Å². The van der Waals surface area contributed by atoms with E-state index in [2.05, 4.69) is 24.3 Å². The number of aliphatic imine (C=N–C) groups is 2. The molecule has 0 heterocycles. The third kappa shape index (κ3) is 8.34. The molecular formula is C32H38CoN2O4. The quantitative estimate of drug-likeness (QED) is 0.242. The SMILES string of the molecule is CC(=O)/C(C=N[C@@H](c1c(C)cc(C)cc1C)[C@@H](N=C/C(C(C)=O)=C(/C)[O-])c1c(C)cc(C)cc1C)=C(/C)[O-].[Co+2]. The van der Waals surface area contributed by atoms with Crippen molar-refractivity contribution in [3.05, 3.63) is 91.4 Å². The van der Waals surface area contributed by atoms with Crippen LogP contribution in [0.5, 0.6) is 0 Å². The average molecular weight is 574 g/mol. The van der Waals surface area contributed by atoms with E-state index in [9.17, 15) is 19.8 Å².